The fourth-order valence-electron chi connectivity index (χ4n) is 4.43. The summed E-state index contributed by atoms with van der Waals surface area (Å²) in [5.41, 5.74) is 1.84. The molecular weight excluding hydrogens is 518 g/mol. The number of aryl methyl sites for hydroxylation is 2. The number of alkyl halides is 1. The Morgan fingerprint density at radius 1 is 1.26 bits per heavy atom. The van der Waals surface area contributed by atoms with E-state index in [1.807, 2.05) is 4.90 Å². The van der Waals surface area contributed by atoms with Crippen molar-refractivity contribution in [1.29, 1.82) is 0 Å². The molecule has 38 heavy (non-hydrogen) atoms. The van der Waals surface area contributed by atoms with Crippen LogP contribution in [0, 0.1) is 5.82 Å². The molecule has 3 rings (SSSR count). The average molecular weight is 553 g/mol. The molecule has 1 aliphatic heterocycles. The van der Waals surface area contributed by atoms with Crippen LogP contribution in [0.2, 0.25) is 5.02 Å². The largest absolute Gasteiger partial charge is 0.480 e. The van der Waals surface area contributed by atoms with Gasteiger partial charge < -0.3 is 25.4 Å². The molecule has 8 nitrogen and oxygen atoms in total. The second-order valence-corrected chi connectivity index (χ2v) is 9.77. The minimum Gasteiger partial charge on any atom is -0.480 e. The van der Waals surface area contributed by atoms with E-state index < -0.39 is 42.1 Å². The van der Waals surface area contributed by atoms with Crippen molar-refractivity contribution in [2.75, 3.05) is 45.3 Å². The monoisotopic (exact) mass is 552 g/mol. The molecule has 0 radical (unpaired) electrons. The number of halogens is 3. The minimum atomic E-state index is -1.28. The zero-order valence-corrected chi connectivity index (χ0v) is 22.3. The lowest BCUT2D eigenvalue weighted by molar-refractivity contribution is -0.139. The molecule has 0 saturated heterocycles. The molecule has 1 aromatic carbocycles. The van der Waals surface area contributed by atoms with E-state index in [1.54, 1.807) is 0 Å². The first-order valence-corrected chi connectivity index (χ1v) is 13.2. The summed E-state index contributed by atoms with van der Waals surface area (Å²) in [7, 11) is 1.43. The van der Waals surface area contributed by atoms with Gasteiger partial charge >= 0.3 is 5.97 Å². The predicted molar refractivity (Wildman–Crippen MR) is 142 cm³/mol. The molecule has 2 heterocycles. The summed E-state index contributed by atoms with van der Waals surface area (Å²) in [5.74, 6) is -2.04. The van der Waals surface area contributed by atoms with Gasteiger partial charge in [0.2, 0.25) is 0 Å². The van der Waals surface area contributed by atoms with Crippen molar-refractivity contribution < 1.29 is 28.2 Å². The van der Waals surface area contributed by atoms with Crippen LogP contribution in [0.3, 0.4) is 0 Å². The molecule has 2 aromatic rings. The van der Waals surface area contributed by atoms with Gasteiger partial charge in [-0.15, -0.1) is 0 Å². The van der Waals surface area contributed by atoms with Crippen LogP contribution >= 0.6 is 11.6 Å². The van der Waals surface area contributed by atoms with Gasteiger partial charge in [-0.05, 0) is 68.8 Å². The van der Waals surface area contributed by atoms with Crippen molar-refractivity contribution >= 4 is 29.3 Å². The summed E-state index contributed by atoms with van der Waals surface area (Å²) in [4.78, 5) is 31.0. The molecule has 1 amide bonds. The fourth-order valence-corrected chi connectivity index (χ4v) is 4.68. The van der Waals surface area contributed by atoms with Crippen molar-refractivity contribution in [3.8, 4) is 0 Å². The molecule has 0 saturated carbocycles. The first-order valence-electron chi connectivity index (χ1n) is 12.8. The zero-order valence-electron chi connectivity index (χ0n) is 21.5. The van der Waals surface area contributed by atoms with E-state index in [1.165, 1.54) is 24.8 Å². The van der Waals surface area contributed by atoms with Crippen LogP contribution in [0.15, 0.2) is 30.3 Å². The Balaban J connectivity index is 1.56. The molecule has 3 N–H and O–H groups in total. The highest BCUT2D eigenvalue weighted by Crippen LogP contribution is 2.21. The molecule has 0 fully saturated rings. The lowest BCUT2D eigenvalue weighted by Gasteiger charge is -2.27. The summed E-state index contributed by atoms with van der Waals surface area (Å²) in [6.07, 6.45) is 3.94. The second-order valence-electron chi connectivity index (χ2n) is 9.36. The maximum absolute atomic E-state index is 14.1. The van der Waals surface area contributed by atoms with Gasteiger partial charge in [-0.2, -0.15) is 0 Å². The number of carbonyl (C=O) groups is 2. The molecule has 2 atom stereocenters. The Morgan fingerprint density at radius 2 is 2.08 bits per heavy atom. The molecular formula is C27H35ClF2N4O4. The number of hydrogen-bond donors (Lipinski definition) is 3. The number of carboxylic acids is 1. The summed E-state index contributed by atoms with van der Waals surface area (Å²) in [6, 6.07) is 6.69. The van der Waals surface area contributed by atoms with Gasteiger partial charge in [-0.25, -0.2) is 18.6 Å². The highest BCUT2D eigenvalue weighted by atomic mass is 35.5. The fraction of sp³-hybridized carbons (Fsp3) is 0.519. The number of unbranched alkanes of at least 4 members (excludes halogenated alkanes) is 1. The van der Waals surface area contributed by atoms with Gasteiger partial charge in [0.15, 0.2) is 0 Å². The number of ether oxygens (including phenoxy) is 1. The molecule has 0 spiro atoms. The number of anilines is 1. The van der Waals surface area contributed by atoms with Crippen LogP contribution < -0.4 is 10.6 Å². The average Bonchev–Trinajstić information content (AvgIpc) is 2.91. The van der Waals surface area contributed by atoms with E-state index in [0.717, 1.165) is 56.2 Å². The normalized spacial score (nSPS) is 14.4. The minimum absolute atomic E-state index is 0.0356. The number of aromatic nitrogens is 1. The maximum atomic E-state index is 14.1. The van der Waals surface area contributed by atoms with Crippen LogP contribution in [0.25, 0.3) is 0 Å². The third kappa shape index (κ3) is 8.61. The lowest BCUT2D eigenvalue weighted by atomic mass is 10.1. The van der Waals surface area contributed by atoms with Gasteiger partial charge in [0.05, 0.1) is 16.7 Å². The van der Waals surface area contributed by atoms with Gasteiger partial charge in [-0.1, -0.05) is 23.7 Å². The quantitative estimate of drug-likeness (QED) is 0.286. The summed E-state index contributed by atoms with van der Waals surface area (Å²) < 4.78 is 32.7. The standard InChI is InChI=1S/C27H35ClF2N4O4/c1-38-20(16-29)17-34(14-3-2-7-19-11-10-18-6-5-13-31-25(18)32-19)15-12-23(27(36)37)33-26(35)24-21(28)8-4-9-22(24)30/h4,8-11,20,23H,2-3,5-7,12-17H2,1H3,(H,31,32)(H,33,35)(H,36,37). The molecule has 208 valence electrons. The summed E-state index contributed by atoms with van der Waals surface area (Å²) in [6.45, 7) is 1.38. The lowest BCUT2D eigenvalue weighted by Crippen LogP contribution is -2.44. The van der Waals surface area contributed by atoms with E-state index >= 15 is 0 Å². The predicted octanol–water partition coefficient (Wildman–Crippen LogP) is 4.11. The van der Waals surface area contributed by atoms with Crippen LogP contribution in [-0.4, -0.2) is 79.0 Å². The Hall–Kier alpha value is -2.82. The number of fused-ring (bicyclic) bond motifs is 1. The van der Waals surface area contributed by atoms with Crippen LogP contribution in [0.1, 0.15) is 47.3 Å². The molecule has 0 aliphatic carbocycles. The third-order valence-electron chi connectivity index (χ3n) is 6.60. The second kappa shape index (κ2) is 14.9. The number of pyridine rings is 1. The third-order valence-corrected chi connectivity index (χ3v) is 6.92. The SMILES string of the molecule is COC(CF)CN(CCCCc1ccc2c(n1)NCCC2)CCC(NC(=O)c1c(F)cccc1Cl)C(=O)O. The molecule has 2 unspecified atom stereocenters. The number of methoxy groups -OCH3 is 1. The number of carbonyl (C=O) groups excluding carboxylic acids is 1. The van der Waals surface area contributed by atoms with Crippen LogP contribution in [-0.2, 0) is 22.4 Å². The summed E-state index contributed by atoms with van der Waals surface area (Å²) in [5, 5.41) is 15.2. The highest BCUT2D eigenvalue weighted by molar-refractivity contribution is 6.33. The van der Waals surface area contributed by atoms with Crippen molar-refractivity contribution in [1.82, 2.24) is 15.2 Å². The molecule has 1 aromatic heterocycles. The zero-order chi connectivity index (χ0) is 27.5. The van der Waals surface area contributed by atoms with Crippen molar-refractivity contribution in [2.24, 2.45) is 0 Å². The van der Waals surface area contributed by atoms with E-state index in [2.05, 4.69) is 22.8 Å². The Kier molecular flexibility index (Phi) is 11.7. The number of carboxylic acid groups (broad SMARTS) is 1. The maximum Gasteiger partial charge on any atom is 0.326 e. The van der Waals surface area contributed by atoms with Gasteiger partial charge in [-0.3, -0.25) is 4.79 Å². The molecule has 0 bridgehead atoms. The smallest absolute Gasteiger partial charge is 0.326 e. The van der Waals surface area contributed by atoms with Crippen LogP contribution in [0.5, 0.6) is 0 Å². The van der Waals surface area contributed by atoms with E-state index in [4.69, 9.17) is 21.3 Å². The number of nitrogens with one attached hydrogen (secondary N) is 2. The number of benzene rings is 1. The van der Waals surface area contributed by atoms with Gasteiger partial charge in [0.25, 0.3) is 5.91 Å². The van der Waals surface area contributed by atoms with Crippen molar-refractivity contribution in [2.45, 2.75) is 50.7 Å². The summed E-state index contributed by atoms with van der Waals surface area (Å²) >= 11 is 5.94. The van der Waals surface area contributed by atoms with Crippen LogP contribution in [0.4, 0.5) is 14.6 Å². The topological polar surface area (TPSA) is 104 Å². The number of amides is 1. The molecule has 1 aliphatic rings. The Labute approximate surface area is 226 Å². The Morgan fingerprint density at radius 3 is 2.79 bits per heavy atom. The van der Waals surface area contributed by atoms with E-state index in [0.29, 0.717) is 6.54 Å². The molecule has 11 heteroatoms. The number of rotatable bonds is 15. The van der Waals surface area contributed by atoms with Gasteiger partial charge in [0, 0.05) is 32.4 Å². The number of aliphatic carboxylic acids is 1. The van der Waals surface area contributed by atoms with E-state index in [-0.39, 0.29) is 24.5 Å². The first-order chi connectivity index (χ1) is 18.3. The highest BCUT2D eigenvalue weighted by Gasteiger charge is 2.25. The van der Waals surface area contributed by atoms with Crippen molar-refractivity contribution in [3.63, 3.8) is 0 Å². The number of hydrogen-bond acceptors (Lipinski definition) is 6. The first kappa shape index (κ1) is 29.7. The van der Waals surface area contributed by atoms with Crippen molar-refractivity contribution in [3.05, 3.63) is 58.0 Å². The number of nitrogens with zero attached hydrogens (tertiary/aromatic N) is 2. The van der Waals surface area contributed by atoms with E-state index in [9.17, 15) is 23.5 Å². The van der Waals surface area contributed by atoms with Gasteiger partial charge in [0.1, 0.15) is 24.4 Å². The Bertz CT molecular complexity index is 1070.